The standard InChI is InChI=1S/C24H30BrClN2O3/c1-5-17(4)27-24(30)21(6-2)28(14-18-10-8-7-9-16(18)3)23(29)15-31-22-12-11-19(25)13-20(22)26/h7-13,17,21H,5-6,14-15H2,1-4H3,(H,27,30)/t17-,21-/m0/s1. The van der Waals surface area contributed by atoms with Crippen LogP contribution < -0.4 is 10.1 Å². The summed E-state index contributed by atoms with van der Waals surface area (Å²) in [7, 11) is 0. The van der Waals surface area contributed by atoms with E-state index in [1.807, 2.05) is 52.0 Å². The molecule has 0 spiro atoms. The summed E-state index contributed by atoms with van der Waals surface area (Å²) in [5.41, 5.74) is 2.06. The lowest BCUT2D eigenvalue weighted by atomic mass is 10.1. The molecule has 5 nitrogen and oxygen atoms in total. The first-order valence-electron chi connectivity index (χ1n) is 10.5. The quantitative estimate of drug-likeness (QED) is 0.459. The Morgan fingerprint density at radius 1 is 1.16 bits per heavy atom. The number of hydrogen-bond donors (Lipinski definition) is 1. The smallest absolute Gasteiger partial charge is 0.261 e. The number of aryl methyl sites for hydroxylation is 1. The van der Waals surface area contributed by atoms with Crippen molar-refractivity contribution >= 4 is 39.3 Å². The van der Waals surface area contributed by atoms with Gasteiger partial charge in [0.05, 0.1) is 5.02 Å². The third-order valence-corrected chi connectivity index (χ3v) is 6.02. The first-order chi connectivity index (χ1) is 14.8. The molecule has 0 fully saturated rings. The van der Waals surface area contributed by atoms with Crippen molar-refractivity contribution in [1.82, 2.24) is 10.2 Å². The number of ether oxygens (including phenoxy) is 1. The van der Waals surface area contributed by atoms with Crippen molar-refractivity contribution in [3.05, 3.63) is 63.1 Å². The van der Waals surface area contributed by atoms with Gasteiger partial charge in [-0.15, -0.1) is 0 Å². The molecule has 0 radical (unpaired) electrons. The van der Waals surface area contributed by atoms with Gasteiger partial charge < -0.3 is 15.0 Å². The summed E-state index contributed by atoms with van der Waals surface area (Å²) >= 11 is 9.57. The van der Waals surface area contributed by atoms with Gasteiger partial charge in [-0.2, -0.15) is 0 Å². The molecule has 0 aromatic heterocycles. The highest BCUT2D eigenvalue weighted by Crippen LogP contribution is 2.28. The first-order valence-corrected chi connectivity index (χ1v) is 11.7. The minimum absolute atomic E-state index is 0.0368. The van der Waals surface area contributed by atoms with Crippen LogP contribution in [0, 0.1) is 6.92 Å². The molecule has 0 aliphatic heterocycles. The zero-order chi connectivity index (χ0) is 23.0. The Hall–Kier alpha value is -2.05. The van der Waals surface area contributed by atoms with E-state index in [1.165, 1.54) is 0 Å². The number of nitrogens with one attached hydrogen (secondary N) is 1. The largest absolute Gasteiger partial charge is 0.482 e. The van der Waals surface area contributed by atoms with Crippen molar-refractivity contribution in [2.45, 2.75) is 59.2 Å². The van der Waals surface area contributed by atoms with Crippen molar-refractivity contribution in [3.63, 3.8) is 0 Å². The van der Waals surface area contributed by atoms with Crippen molar-refractivity contribution in [3.8, 4) is 5.75 Å². The molecule has 31 heavy (non-hydrogen) atoms. The predicted octanol–water partition coefficient (Wildman–Crippen LogP) is 5.51. The maximum atomic E-state index is 13.2. The summed E-state index contributed by atoms with van der Waals surface area (Å²) in [4.78, 5) is 27.8. The topological polar surface area (TPSA) is 58.6 Å². The summed E-state index contributed by atoms with van der Waals surface area (Å²) in [6.45, 7) is 7.99. The molecule has 2 atom stereocenters. The Morgan fingerprint density at radius 3 is 2.48 bits per heavy atom. The highest BCUT2D eigenvalue weighted by molar-refractivity contribution is 9.10. The second-order valence-corrected chi connectivity index (χ2v) is 8.88. The number of carbonyl (C=O) groups is 2. The molecule has 2 amide bonds. The molecule has 2 rings (SSSR count). The van der Waals surface area contributed by atoms with Crippen molar-refractivity contribution in [2.24, 2.45) is 0 Å². The molecule has 7 heteroatoms. The van der Waals surface area contributed by atoms with E-state index in [9.17, 15) is 9.59 Å². The summed E-state index contributed by atoms with van der Waals surface area (Å²) in [6.07, 6.45) is 1.32. The van der Waals surface area contributed by atoms with E-state index in [1.54, 1.807) is 23.1 Å². The van der Waals surface area contributed by atoms with Crippen LogP contribution in [0.3, 0.4) is 0 Å². The molecule has 2 aromatic rings. The van der Waals surface area contributed by atoms with Gasteiger partial charge in [-0.05, 0) is 56.0 Å². The minimum Gasteiger partial charge on any atom is -0.482 e. The monoisotopic (exact) mass is 508 g/mol. The molecule has 2 aromatic carbocycles. The van der Waals surface area contributed by atoms with Crippen LogP contribution in [-0.4, -0.2) is 35.4 Å². The van der Waals surface area contributed by atoms with E-state index in [4.69, 9.17) is 16.3 Å². The Kier molecular flexibility index (Phi) is 9.85. The number of nitrogens with zero attached hydrogens (tertiary/aromatic N) is 1. The molecule has 0 heterocycles. The fraction of sp³-hybridized carbons (Fsp3) is 0.417. The zero-order valence-corrected chi connectivity index (χ0v) is 20.8. The van der Waals surface area contributed by atoms with Gasteiger partial charge in [0.1, 0.15) is 11.8 Å². The van der Waals surface area contributed by atoms with E-state index in [2.05, 4.69) is 21.2 Å². The van der Waals surface area contributed by atoms with Crippen LogP contribution in [-0.2, 0) is 16.1 Å². The highest BCUT2D eigenvalue weighted by atomic mass is 79.9. The average molecular weight is 510 g/mol. The van der Waals surface area contributed by atoms with Gasteiger partial charge in [-0.1, -0.05) is 65.6 Å². The number of carbonyl (C=O) groups excluding carboxylic acids is 2. The van der Waals surface area contributed by atoms with E-state index >= 15 is 0 Å². The fourth-order valence-electron chi connectivity index (χ4n) is 3.15. The van der Waals surface area contributed by atoms with E-state index in [0.717, 1.165) is 22.0 Å². The van der Waals surface area contributed by atoms with Gasteiger partial charge in [0.2, 0.25) is 5.91 Å². The van der Waals surface area contributed by atoms with Crippen molar-refractivity contribution < 1.29 is 14.3 Å². The van der Waals surface area contributed by atoms with Crippen LogP contribution in [0.15, 0.2) is 46.9 Å². The normalized spacial score (nSPS) is 12.7. The SMILES string of the molecule is CC[C@H](C)NC(=O)[C@H](CC)N(Cc1ccccc1C)C(=O)COc1ccc(Br)cc1Cl. The van der Waals surface area contributed by atoms with Crippen LogP contribution in [0.5, 0.6) is 5.75 Å². The lowest BCUT2D eigenvalue weighted by Crippen LogP contribution is -2.51. The average Bonchev–Trinajstić information content (AvgIpc) is 2.74. The molecular weight excluding hydrogens is 480 g/mol. The minimum atomic E-state index is -0.593. The second-order valence-electron chi connectivity index (χ2n) is 7.55. The molecule has 0 unspecified atom stereocenters. The van der Waals surface area contributed by atoms with Crippen molar-refractivity contribution in [2.75, 3.05) is 6.61 Å². The highest BCUT2D eigenvalue weighted by Gasteiger charge is 2.29. The Labute approximate surface area is 198 Å². The molecule has 0 bridgehead atoms. The first kappa shape index (κ1) is 25.2. The predicted molar refractivity (Wildman–Crippen MR) is 128 cm³/mol. The van der Waals surface area contributed by atoms with Gasteiger partial charge in [0.25, 0.3) is 5.91 Å². The van der Waals surface area contributed by atoms with Crippen LogP contribution >= 0.6 is 27.5 Å². The van der Waals surface area contributed by atoms with Gasteiger partial charge >= 0.3 is 0 Å². The van der Waals surface area contributed by atoms with E-state index in [0.29, 0.717) is 23.7 Å². The lowest BCUT2D eigenvalue weighted by Gasteiger charge is -2.31. The summed E-state index contributed by atoms with van der Waals surface area (Å²) < 4.78 is 6.53. The molecule has 168 valence electrons. The van der Waals surface area contributed by atoms with Crippen LogP contribution in [0.4, 0.5) is 0 Å². The summed E-state index contributed by atoms with van der Waals surface area (Å²) in [6, 6.07) is 12.5. The maximum absolute atomic E-state index is 13.2. The number of benzene rings is 2. The Balaban J connectivity index is 2.25. The Morgan fingerprint density at radius 2 is 1.87 bits per heavy atom. The lowest BCUT2D eigenvalue weighted by molar-refractivity contribution is -0.143. The van der Waals surface area contributed by atoms with Crippen LogP contribution in [0.25, 0.3) is 0 Å². The van der Waals surface area contributed by atoms with Crippen molar-refractivity contribution in [1.29, 1.82) is 0 Å². The zero-order valence-electron chi connectivity index (χ0n) is 18.5. The van der Waals surface area contributed by atoms with Gasteiger partial charge in [-0.25, -0.2) is 0 Å². The molecule has 0 saturated heterocycles. The second kappa shape index (κ2) is 12.1. The maximum Gasteiger partial charge on any atom is 0.261 e. The molecule has 0 aliphatic rings. The van der Waals surface area contributed by atoms with Gasteiger partial charge in [-0.3, -0.25) is 9.59 Å². The molecular formula is C24H30BrClN2O3. The van der Waals surface area contributed by atoms with Gasteiger partial charge in [0, 0.05) is 17.1 Å². The van der Waals surface area contributed by atoms with E-state index in [-0.39, 0.29) is 24.5 Å². The molecule has 1 N–H and O–H groups in total. The van der Waals surface area contributed by atoms with E-state index < -0.39 is 6.04 Å². The Bertz CT molecular complexity index is 906. The number of amides is 2. The molecule has 0 saturated carbocycles. The van der Waals surface area contributed by atoms with Crippen LogP contribution in [0.2, 0.25) is 5.02 Å². The number of rotatable bonds is 10. The summed E-state index contributed by atoms with van der Waals surface area (Å²) in [5.74, 6) is 0.0000110. The number of hydrogen-bond acceptors (Lipinski definition) is 3. The van der Waals surface area contributed by atoms with Gasteiger partial charge in [0.15, 0.2) is 6.61 Å². The fourth-order valence-corrected chi connectivity index (χ4v) is 3.87. The number of halogens is 2. The summed E-state index contributed by atoms with van der Waals surface area (Å²) in [5, 5.41) is 3.42. The molecule has 0 aliphatic carbocycles. The third kappa shape index (κ3) is 7.25. The van der Waals surface area contributed by atoms with Crippen LogP contribution in [0.1, 0.15) is 44.7 Å². The third-order valence-electron chi connectivity index (χ3n) is 5.23.